The lowest BCUT2D eigenvalue weighted by molar-refractivity contribution is -0.123. The number of thiophene rings is 1. The highest BCUT2D eigenvalue weighted by Gasteiger charge is 2.17. The van der Waals surface area contributed by atoms with Crippen LogP contribution in [-0.2, 0) is 4.79 Å². The minimum absolute atomic E-state index is 0.00221. The van der Waals surface area contributed by atoms with Crippen LogP contribution in [0.4, 0.5) is 0 Å². The molecule has 1 aromatic heterocycles. The number of carbonyl (C=O) groups excluding carboxylic acids is 1. The zero-order valence-corrected chi connectivity index (χ0v) is 14.3. The van der Waals surface area contributed by atoms with Crippen molar-refractivity contribution in [3.63, 3.8) is 0 Å². The van der Waals surface area contributed by atoms with E-state index < -0.39 is 0 Å². The highest BCUT2D eigenvalue weighted by molar-refractivity contribution is 7.10. The van der Waals surface area contributed by atoms with E-state index in [1.54, 1.807) is 11.3 Å². The van der Waals surface area contributed by atoms with Crippen LogP contribution >= 0.6 is 11.3 Å². The van der Waals surface area contributed by atoms with E-state index in [0.29, 0.717) is 5.75 Å². The molecule has 1 heterocycles. The first-order valence-corrected chi connectivity index (χ1v) is 8.67. The number of carbonyl (C=O) groups is 1. The van der Waals surface area contributed by atoms with E-state index in [2.05, 4.69) is 5.32 Å². The smallest absolute Gasteiger partial charge is 0.258 e. The van der Waals surface area contributed by atoms with Gasteiger partial charge >= 0.3 is 0 Å². The number of ether oxygens (including phenoxy) is 1. The molecule has 2 aromatic carbocycles. The third-order valence-electron chi connectivity index (χ3n) is 3.66. The molecule has 3 aromatic rings. The topological polar surface area (TPSA) is 38.3 Å². The van der Waals surface area contributed by atoms with Crippen LogP contribution < -0.4 is 10.1 Å². The lowest BCUT2D eigenvalue weighted by Crippen LogP contribution is -2.32. The van der Waals surface area contributed by atoms with E-state index in [4.69, 9.17) is 4.74 Å². The first-order valence-electron chi connectivity index (χ1n) is 7.79. The van der Waals surface area contributed by atoms with Crippen molar-refractivity contribution in [2.75, 3.05) is 6.61 Å². The van der Waals surface area contributed by atoms with Gasteiger partial charge in [0.2, 0.25) is 0 Å². The van der Waals surface area contributed by atoms with Crippen LogP contribution in [-0.4, -0.2) is 12.5 Å². The summed E-state index contributed by atoms with van der Waals surface area (Å²) in [6.45, 7) is 2.01. The predicted octanol–water partition coefficient (Wildman–Crippen LogP) is 4.34. The number of benzene rings is 2. The Morgan fingerprint density at radius 2 is 1.79 bits per heavy atom. The molecule has 0 aliphatic carbocycles. The second-order valence-corrected chi connectivity index (χ2v) is 6.51. The van der Waals surface area contributed by atoms with E-state index in [0.717, 1.165) is 16.0 Å². The molecule has 0 fully saturated rings. The van der Waals surface area contributed by atoms with E-state index >= 15 is 0 Å². The summed E-state index contributed by atoms with van der Waals surface area (Å²) in [5.41, 5.74) is 2.22. The molecule has 1 atom stereocenters. The highest BCUT2D eigenvalue weighted by Crippen LogP contribution is 2.25. The largest absolute Gasteiger partial charge is 0.484 e. The second-order valence-electron chi connectivity index (χ2n) is 5.53. The van der Waals surface area contributed by atoms with Crippen molar-refractivity contribution in [3.05, 3.63) is 88.1 Å². The van der Waals surface area contributed by atoms with Gasteiger partial charge in [-0.15, -0.1) is 11.3 Å². The molecule has 24 heavy (non-hydrogen) atoms. The monoisotopic (exact) mass is 337 g/mol. The van der Waals surface area contributed by atoms with Crippen LogP contribution in [0.5, 0.6) is 5.75 Å². The molecule has 1 N–H and O–H groups in total. The average Bonchev–Trinajstić information content (AvgIpc) is 3.14. The number of aryl methyl sites for hydroxylation is 1. The van der Waals surface area contributed by atoms with Crippen LogP contribution in [0.1, 0.15) is 22.0 Å². The molecular weight excluding hydrogens is 318 g/mol. The van der Waals surface area contributed by atoms with Crippen molar-refractivity contribution < 1.29 is 9.53 Å². The molecule has 1 unspecified atom stereocenters. The van der Waals surface area contributed by atoms with E-state index in [9.17, 15) is 4.79 Å². The molecule has 0 spiro atoms. The van der Waals surface area contributed by atoms with E-state index in [1.165, 1.54) is 0 Å². The summed E-state index contributed by atoms with van der Waals surface area (Å²) < 4.78 is 5.57. The lowest BCUT2D eigenvalue weighted by Gasteiger charge is -2.18. The lowest BCUT2D eigenvalue weighted by atomic mass is 10.1. The quantitative estimate of drug-likeness (QED) is 0.726. The number of hydrogen-bond donors (Lipinski definition) is 1. The fraction of sp³-hybridized carbons (Fsp3) is 0.150. The third-order valence-corrected chi connectivity index (χ3v) is 4.59. The second kappa shape index (κ2) is 7.79. The molecule has 0 aliphatic heterocycles. The SMILES string of the molecule is Cc1ccc(OCC(=O)NC(c2ccccc2)c2cccs2)cc1. The minimum Gasteiger partial charge on any atom is -0.484 e. The van der Waals surface area contributed by atoms with Crippen LogP contribution in [0.25, 0.3) is 0 Å². The number of amides is 1. The number of hydrogen-bond acceptors (Lipinski definition) is 3. The average molecular weight is 337 g/mol. The Bertz CT molecular complexity index is 767. The molecule has 0 saturated heterocycles. The summed E-state index contributed by atoms with van der Waals surface area (Å²) >= 11 is 1.63. The maximum absolute atomic E-state index is 12.3. The Labute approximate surface area is 145 Å². The molecule has 3 rings (SSSR count). The van der Waals surface area contributed by atoms with E-state index in [1.807, 2.05) is 79.0 Å². The van der Waals surface area contributed by atoms with Crippen molar-refractivity contribution in [2.45, 2.75) is 13.0 Å². The summed E-state index contributed by atoms with van der Waals surface area (Å²) in [4.78, 5) is 13.4. The van der Waals surface area contributed by atoms with E-state index in [-0.39, 0.29) is 18.6 Å². The fourth-order valence-electron chi connectivity index (χ4n) is 2.41. The summed E-state index contributed by atoms with van der Waals surface area (Å²) in [6.07, 6.45) is 0. The standard InChI is InChI=1S/C20H19NO2S/c1-15-9-11-17(12-10-15)23-14-19(22)21-20(18-8-5-13-24-18)16-6-3-2-4-7-16/h2-13,20H,14H2,1H3,(H,21,22). The van der Waals surface area contributed by atoms with Crippen LogP contribution in [0.3, 0.4) is 0 Å². The van der Waals surface area contributed by atoms with Crippen molar-refractivity contribution in [3.8, 4) is 5.75 Å². The zero-order valence-electron chi connectivity index (χ0n) is 13.4. The molecule has 4 heteroatoms. The summed E-state index contributed by atoms with van der Waals surface area (Å²) in [5.74, 6) is 0.556. The normalized spacial score (nSPS) is 11.7. The minimum atomic E-state index is -0.152. The van der Waals surface area contributed by atoms with Crippen molar-refractivity contribution >= 4 is 17.2 Å². The molecule has 122 valence electrons. The Morgan fingerprint density at radius 1 is 1.04 bits per heavy atom. The Morgan fingerprint density at radius 3 is 2.46 bits per heavy atom. The fourth-order valence-corrected chi connectivity index (χ4v) is 3.21. The summed E-state index contributed by atoms with van der Waals surface area (Å²) in [7, 11) is 0. The first-order chi connectivity index (χ1) is 11.7. The van der Waals surface area contributed by atoms with Gasteiger partial charge in [0, 0.05) is 4.88 Å². The van der Waals surface area contributed by atoms with Gasteiger partial charge in [0.1, 0.15) is 5.75 Å². The van der Waals surface area contributed by atoms with Crippen molar-refractivity contribution in [2.24, 2.45) is 0 Å². The number of nitrogens with one attached hydrogen (secondary N) is 1. The van der Waals surface area contributed by atoms with Crippen molar-refractivity contribution in [1.82, 2.24) is 5.32 Å². The molecule has 0 aliphatic rings. The highest BCUT2D eigenvalue weighted by atomic mass is 32.1. The molecule has 1 amide bonds. The van der Waals surface area contributed by atoms with Gasteiger partial charge in [0.15, 0.2) is 6.61 Å². The Kier molecular flexibility index (Phi) is 5.29. The molecule has 0 bridgehead atoms. The Hall–Kier alpha value is -2.59. The maximum atomic E-state index is 12.3. The van der Waals surface area contributed by atoms with Gasteiger partial charge < -0.3 is 10.1 Å². The predicted molar refractivity (Wildman–Crippen MR) is 97.4 cm³/mol. The van der Waals surface area contributed by atoms with Crippen LogP contribution in [0, 0.1) is 6.92 Å². The van der Waals surface area contributed by atoms with Crippen LogP contribution in [0.2, 0.25) is 0 Å². The first kappa shape index (κ1) is 16.3. The van der Waals surface area contributed by atoms with Crippen molar-refractivity contribution in [1.29, 1.82) is 0 Å². The van der Waals surface area contributed by atoms with Gasteiger partial charge in [-0.3, -0.25) is 4.79 Å². The van der Waals surface area contributed by atoms with Gasteiger partial charge in [-0.25, -0.2) is 0 Å². The number of rotatable bonds is 6. The third kappa shape index (κ3) is 4.24. The maximum Gasteiger partial charge on any atom is 0.258 e. The molecule has 3 nitrogen and oxygen atoms in total. The molecule has 0 radical (unpaired) electrons. The van der Waals surface area contributed by atoms with Gasteiger partial charge in [-0.2, -0.15) is 0 Å². The summed E-state index contributed by atoms with van der Waals surface area (Å²) in [6, 6.07) is 21.5. The Balaban J connectivity index is 1.66. The van der Waals surface area contributed by atoms with Gasteiger partial charge in [0.05, 0.1) is 6.04 Å². The van der Waals surface area contributed by atoms with Gasteiger partial charge in [-0.05, 0) is 36.1 Å². The van der Waals surface area contributed by atoms with Gasteiger partial charge in [0.25, 0.3) is 5.91 Å². The van der Waals surface area contributed by atoms with Crippen LogP contribution in [0.15, 0.2) is 72.1 Å². The summed E-state index contributed by atoms with van der Waals surface area (Å²) in [5, 5.41) is 5.08. The zero-order chi connectivity index (χ0) is 16.8. The molecular formula is C20H19NO2S. The molecule has 0 saturated carbocycles. The van der Waals surface area contributed by atoms with Gasteiger partial charge in [-0.1, -0.05) is 54.1 Å².